The summed E-state index contributed by atoms with van der Waals surface area (Å²) in [5.41, 5.74) is 13.3. The van der Waals surface area contributed by atoms with Crippen molar-refractivity contribution in [2.45, 2.75) is 52.7 Å². The van der Waals surface area contributed by atoms with Crippen LogP contribution in [0.1, 0.15) is 47.5 Å². The monoisotopic (exact) mass is 1070 g/mol. The van der Waals surface area contributed by atoms with E-state index in [1.165, 1.54) is 42.4 Å². The van der Waals surface area contributed by atoms with Gasteiger partial charge in [-0.3, -0.25) is 0 Å². The van der Waals surface area contributed by atoms with Gasteiger partial charge < -0.3 is 9.97 Å². The summed E-state index contributed by atoms with van der Waals surface area (Å²) < 4.78 is 29.0. The quantitative estimate of drug-likeness (QED) is 0.101. The molecule has 1 radical (unpaired) electrons. The summed E-state index contributed by atoms with van der Waals surface area (Å²) in [6.45, 7) is 12.5. The zero-order valence-electron chi connectivity index (χ0n) is 41.2. The summed E-state index contributed by atoms with van der Waals surface area (Å²) in [6.07, 6.45) is 2.31. The Balaban J connectivity index is 0.000000196. The zero-order valence-corrected chi connectivity index (χ0v) is 42.4. The molecule has 66 heavy (non-hydrogen) atoms. The Hall–Kier alpha value is -6.07. The summed E-state index contributed by atoms with van der Waals surface area (Å²) in [5, 5.41) is 3.54. The molecule has 3 heterocycles. The molecule has 2 nitrogen and oxygen atoms in total. The first-order valence-corrected chi connectivity index (χ1v) is 26.6. The first kappa shape index (κ1) is 42.6. The van der Waals surface area contributed by atoms with E-state index in [0.29, 0.717) is 0 Å². The molecule has 0 N–H and O–H groups in total. The molecule has 329 valence electrons. The fraction of sp³-hybridized carbons (Fsp3) is 0.148. The predicted octanol–water partition coefficient (Wildman–Crippen LogP) is 16.4. The van der Waals surface area contributed by atoms with E-state index < -0.39 is 20.3 Å². The van der Waals surface area contributed by atoms with Gasteiger partial charge in [0.25, 0.3) is 0 Å². The minimum absolute atomic E-state index is 0. The van der Waals surface area contributed by atoms with Gasteiger partial charge in [0.15, 0.2) is 0 Å². The van der Waals surface area contributed by atoms with Crippen molar-refractivity contribution < 1.29 is 24.2 Å². The van der Waals surface area contributed by atoms with E-state index in [0.717, 1.165) is 55.5 Å². The van der Waals surface area contributed by atoms with Gasteiger partial charge in [-0.25, -0.2) is 0 Å². The molecule has 10 aromatic rings. The second kappa shape index (κ2) is 20.6. The maximum atomic E-state index is 9.11. The second-order valence-corrected chi connectivity index (χ2v) is 23.9. The molecule has 0 bridgehead atoms. The molecule has 7 aromatic carbocycles. The summed E-state index contributed by atoms with van der Waals surface area (Å²) in [5.74, 6) is -0.979. The summed E-state index contributed by atoms with van der Waals surface area (Å²) >= 11 is 1.80. The number of hydrogen-bond donors (Lipinski definition) is 0. The summed E-state index contributed by atoms with van der Waals surface area (Å²) in [7, 11) is -1.72. The minimum Gasteiger partial charge on any atom is -0.305 e. The Morgan fingerprint density at radius 1 is 0.561 bits per heavy atom. The van der Waals surface area contributed by atoms with Gasteiger partial charge in [0.05, 0.1) is 8.07 Å². The van der Waals surface area contributed by atoms with Crippen LogP contribution in [0.2, 0.25) is 19.6 Å². The van der Waals surface area contributed by atoms with Gasteiger partial charge in [0, 0.05) is 47.2 Å². The van der Waals surface area contributed by atoms with E-state index >= 15 is 0 Å². The molecule has 5 heteroatoms. The van der Waals surface area contributed by atoms with Crippen LogP contribution >= 0.6 is 11.3 Å². The molecule has 0 spiro atoms. The molecule has 0 fully saturated rings. The van der Waals surface area contributed by atoms with E-state index in [-0.39, 0.29) is 26.0 Å². The molecule has 0 saturated carbocycles. The van der Waals surface area contributed by atoms with Crippen LogP contribution in [-0.2, 0) is 26.5 Å². The van der Waals surface area contributed by atoms with E-state index in [1.54, 1.807) is 17.5 Å². The second-order valence-electron chi connectivity index (χ2n) is 17.8. The largest absolute Gasteiger partial charge is 0.305 e. The predicted molar refractivity (Wildman–Crippen MR) is 282 cm³/mol. The average molecular weight is 1070 g/mol. The topological polar surface area (TPSA) is 25.8 Å². The molecule has 1 atom stereocenters. The van der Waals surface area contributed by atoms with E-state index in [2.05, 4.69) is 145 Å². The summed E-state index contributed by atoms with van der Waals surface area (Å²) in [4.78, 5) is 9.36. The Morgan fingerprint density at radius 3 is 1.85 bits per heavy atom. The van der Waals surface area contributed by atoms with Crippen LogP contribution < -0.4 is 5.19 Å². The Kier molecular flexibility index (Phi) is 13.3. The van der Waals surface area contributed by atoms with Crippen molar-refractivity contribution in [3.8, 4) is 55.9 Å². The Labute approximate surface area is 414 Å². The fourth-order valence-corrected chi connectivity index (χ4v) is 10.8. The van der Waals surface area contributed by atoms with Crippen molar-refractivity contribution in [2.24, 2.45) is 5.92 Å². The van der Waals surface area contributed by atoms with Gasteiger partial charge in [0.1, 0.15) is 0 Å². The maximum Gasteiger partial charge on any atom is 0.0798 e. The van der Waals surface area contributed by atoms with Crippen LogP contribution in [0.3, 0.4) is 0 Å². The fourth-order valence-electron chi connectivity index (χ4n) is 8.33. The number of hydrogen-bond acceptors (Lipinski definition) is 3. The zero-order chi connectivity index (χ0) is 47.6. The van der Waals surface area contributed by atoms with Gasteiger partial charge in [0.2, 0.25) is 0 Å². The van der Waals surface area contributed by atoms with Gasteiger partial charge in [-0.2, -0.15) is 11.3 Å². The third-order valence-corrected chi connectivity index (χ3v) is 14.9. The van der Waals surface area contributed by atoms with Crippen molar-refractivity contribution in [2.75, 3.05) is 0 Å². The first-order chi connectivity index (χ1) is 32.7. The molecule has 0 aliphatic rings. The molecule has 3 aromatic heterocycles. The van der Waals surface area contributed by atoms with Crippen LogP contribution in [0.4, 0.5) is 0 Å². The van der Waals surface area contributed by atoms with E-state index in [4.69, 9.17) is 4.11 Å². The third kappa shape index (κ3) is 10.5. The van der Waals surface area contributed by atoms with Crippen LogP contribution in [0.15, 0.2) is 194 Å². The van der Waals surface area contributed by atoms with Crippen LogP contribution in [-0.4, -0.2) is 18.0 Å². The van der Waals surface area contributed by atoms with Crippen LogP contribution in [0.5, 0.6) is 0 Å². The molecular formula is C61H54IrN2SSi-2. The number of thiophene rings is 1. The van der Waals surface area contributed by atoms with Gasteiger partial charge in [-0.15, -0.1) is 53.6 Å². The van der Waals surface area contributed by atoms with Crippen molar-refractivity contribution in [3.05, 3.63) is 223 Å². The van der Waals surface area contributed by atoms with Gasteiger partial charge >= 0.3 is 0 Å². The minimum atomic E-state index is -1.72. The van der Waals surface area contributed by atoms with Crippen molar-refractivity contribution in [3.63, 3.8) is 0 Å². The van der Waals surface area contributed by atoms with Crippen LogP contribution in [0, 0.1) is 18.1 Å². The molecule has 0 aliphatic heterocycles. The number of nitrogens with zero attached hydrogens (tertiary/aromatic N) is 2. The Morgan fingerprint density at radius 2 is 1.18 bits per heavy atom. The first-order valence-electron chi connectivity index (χ1n) is 23.8. The summed E-state index contributed by atoms with van der Waals surface area (Å²) in [6, 6.07) is 69.3. The number of benzene rings is 7. The van der Waals surface area contributed by atoms with Gasteiger partial charge in [-0.05, 0) is 84.5 Å². The third-order valence-electron chi connectivity index (χ3n) is 11.8. The number of rotatable bonds is 10. The smallest absolute Gasteiger partial charge is 0.0798 e. The number of fused-ring (bicyclic) bond motifs is 3. The SMILES string of the molecule is [2H]C(C)(c1ccccc1)c1ccnc(-c2[c-]cc3sc4cc(-c5ccccc5-c5ccccc5)ccc4c3c2)c1.[2H]C([2H])(c1cc(-c2[c-]cc(-c3ccccc3)cc2)ncc1[Si](C)(C)C)C(C)C.[Ir]. The molecule has 0 amide bonds. The molecular weight excluding hydrogens is 1010 g/mol. The molecule has 0 saturated heterocycles. The maximum absolute atomic E-state index is 9.11. The van der Waals surface area contributed by atoms with Crippen molar-refractivity contribution in [1.82, 2.24) is 9.97 Å². The van der Waals surface area contributed by atoms with E-state index in [1.807, 2.05) is 106 Å². The normalized spacial score (nSPS) is 13.2. The van der Waals surface area contributed by atoms with Gasteiger partial charge in [-0.1, -0.05) is 202 Å². The number of aromatic nitrogens is 2. The Bertz CT molecular complexity index is 3350. The molecule has 0 aliphatic carbocycles. The van der Waals surface area contributed by atoms with Crippen molar-refractivity contribution >= 4 is 44.8 Å². The van der Waals surface area contributed by atoms with Crippen LogP contribution in [0.25, 0.3) is 76.1 Å². The molecule has 10 rings (SSSR count). The van der Waals surface area contributed by atoms with Crippen molar-refractivity contribution in [1.29, 1.82) is 0 Å². The number of pyridine rings is 2. The molecule has 1 unspecified atom stereocenters. The average Bonchev–Trinajstić information content (AvgIpc) is 3.74. The van der Waals surface area contributed by atoms with E-state index in [9.17, 15) is 0 Å². The standard InChI is InChI=1S/C37H26NS.C24H28NSi.Ir/c1-25(26-10-4-2-5-11-26)28-20-21-38-35(23-28)30-17-19-36-34(22-30)33-18-16-29(24-37(33)39-36)32-15-9-8-14-31(32)27-12-6-3-7-13-27;1-18(2)15-22-16-23(25-17-24(22)26(3,4)5)21-13-11-20(12-14-21)19-9-7-6-8-10-19;/h2-16,18-25H,1H3;6-13,16-18H,15H2,1-5H3;/q2*-1;/i25D;15D2;.